The number of methoxy groups -OCH3 is 1. The molecule has 0 aliphatic rings. The molecule has 0 bridgehead atoms. The monoisotopic (exact) mass is 227 g/mol. The minimum Gasteiger partial charge on any atom is -0.389 e. The van der Waals surface area contributed by atoms with Crippen molar-refractivity contribution in [2.45, 2.75) is 31.9 Å². The van der Waals surface area contributed by atoms with Gasteiger partial charge < -0.3 is 15.2 Å². The van der Waals surface area contributed by atoms with Crippen molar-refractivity contribution < 1.29 is 9.84 Å². The third kappa shape index (κ3) is 4.30. The van der Waals surface area contributed by atoms with Crippen molar-refractivity contribution in [3.63, 3.8) is 0 Å². The fourth-order valence-electron chi connectivity index (χ4n) is 1.40. The van der Waals surface area contributed by atoms with Crippen LogP contribution < -0.4 is 5.32 Å². The molecule has 0 spiro atoms. The number of H-pyrrole nitrogens is 1. The Hall–Kier alpha value is -0.910. The Morgan fingerprint density at radius 1 is 1.69 bits per heavy atom. The highest BCUT2D eigenvalue weighted by atomic mass is 16.5. The number of aromatic amines is 1. The lowest BCUT2D eigenvalue weighted by atomic mass is 10.0. The van der Waals surface area contributed by atoms with Gasteiger partial charge in [0.05, 0.1) is 11.3 Å². The van der Waals surface area contributed by atoms with Crippen molar-refractivity contribution in [3.8, 4) is 0 Å². The van der Waals surface area contributed by atoms with Gasteiger partial charge in [-0.05, 0) is 19.9 Å². The first-order valence-electron chi connectivity index (χ1n) is 5.49. The van der Waals surface area contributed by atoms with Crippen LogP contribution in [0.2, 0.25) is 0 Å². The molecule has 0 aliphatic heterocycles. The second kappa shape index (κ2) is 5.98. The molecule has 0 saturated heterocycles. The minimum atomic E-state index is -0.746. The number of aliphatic hydroxyl groups is 1. The number of hydrogen-bond donors (Lipinski definition) is 3. The van der Waals surface area contributed by atoms with Gasteiger partial charge in [0.2, 0.25) is 0 Å². The summed E-state index contributed by atoms with van der Waals surface area (Å²) in [6.45, 7) is 4.92. The molecule has 1 aromatic heterocycles. The first-order chi connectivity index (χ1) is 7.55. The molecule has 92 valence electrons. The van der Waals surface area contributed by atoms with Crippen molar-refractivity contribution in [3.05, 3.63) is 18.0 Å². The zero-order chi connectivity index (χ0) is 12.0. The molecule has 0 amide bonds. The summed E-state index contributed by atoms with van der Waals surface area (Å²) in [4.78, 5) is 0. The van der Waals surface area contributed by atoms with Gasteiger partial charge in [-0.1, -0.05) is 0 Å². The van der Waals surface area contributed by atoms with Crippen LogP contribution in [0.25, 0.3) is 0 Å². The quantitative estimate of drug-likeness (QED) is 0.646. The smallest absolute Gasteiger partial charge is 0.0765 e. The SMILES string of the molecule is COCCC(C)(O)CNC(C)c1ccn[nH]1. The Kier molecular flexibility index (Phi) is 4.92. The van der Waals surface area contributed by atoms with E-state index in [9.17, 15) is 5.11 Å². The minimum absolute atomic E-state index is 0.150. The van der Waals surface area contributed by atoms with Crippen molar-refractivity contribution in [1.29, 1.82) is 0 Å². The summed E-state index contributed by atoms with van der Waals surface area (Å²) in [5.41, 5.74) is 0.270. The molecule has 0 saturated carbocycles. The molecule has 1 rings (SSSR count). The molecule has 5 heteroatoms. The van der Waals surface area contributed by atoms with E-state index < -0.39 is 5.60 Å². The van der Waals surface area contributed by atoms with E-state index in [1.54, 1.807) is 20.2 Å². The fraction of sp³-hybridized carbons (Fsp3) is 0.727. The first kappa shape index (κ1) is 13.2. The Morgan fingerprint density at radius 3 is 3.00 bits per heavy atom. The number of nitrogens with zero attached hydrogens (tertiary/aromatic N) is 1. The Balaban J connectivity index is 2.33. The van der Waals surface area contributed by atoms with E-state index in [1.165, 1.54) is 0 Å². The summed E-state index contributed by atoms with van der Waals surface area (Å²) in [6.07, 6.45) is 2.34. The summed E-state index contributed by atoms with van der Waals surface area (Å²) in [5.74, 6) is 0. The van der Waals surface area contributed by atoms with Gasteiger partial charge in [-0.2, -0.15) is 5.10 Å². The zero-order valence-electron chi connectivity index (χ0n) is 10.2. The summed E-state index contributed by atoms with van der Waals surface area (Å²) in [7, 11) is 1.64. The topological polar surface area (TPSA) is 70.2 Å². The molecule has 1 aromatic rings. The number of hydrogen-bond acceptors (Lipinski definition) is 4. The van der Waals surface area contributed by atoms with Crippen LogP contribution in [0, 0.1) is 0 Å². The van der Waals surface area contributed by atoms with Crippen molar-refractivity contribution >= 4 is 0 Å². The van der Waals surface area contributed by atoms with Gasteiger partial charge in [0.15, 0.2) is 0 Å². The Morgan fingerprint density at radius 2 is 2.44 bits per heavy atom. The average Bonchev–Trinajstić information content (AvgIpc) is 2.77. The van der Waals surface area contributed by atoms with Crippen molar-refractivity contribution in [2.75, 3.05) is 20.3 Å². The van der Waals surface area contributed by atoms with Crippen LogP contribution in [0.1, 0.15) is 32.0 Å². The maximum atomic E-state index is 10.0. The fourth-order valence-corrected chi connectivity index (χ4v) is 1.40. The van der Waals surface area contributed by atoms with E-state index in [2.05, 4.69) is 15.5 Å². The second-order valence-electron chi connectivity index (χ2n) is 4.35. The van der Waals surface area contributed by atoms with Gasteiger partial charge in [0.1, 0.15) is 0 Å². The Bertz CT molecular complexity index is 285. The predicted octanol–water partition coefficient (Wildman–Crippen LogP) is 0.848. The molecule has 5 nitrogen and oxygen atoms in total. The molecule has 0 aromatic carbocycles. The van der Waals surface area contributed by atoms with Gasteiger partial charge in [-0.25, -0.2) is 0 Å². The van der Waals surface area contributed by atoms with E-state index >= 15 is 0 Å². The van der Waals surface area contributed by atoms with Crippen LogP contribution in [-0.4, -0.2) is 41.2 Å². The second-order valence-corrected chi connectivity index (χ2v) is 4.35. The standard InChI is InChI=1S/C11H21N3O2/c1-9(10-4-6-13-14-10)12-8-11(2,15)5-7-16-3/h4,6,9,12,15H,5,7-8H2,1-3H3,(H,13,14). The third-order valence-corrected chi connectivity index (χ3v) is 2.62. The molecular weight excluding hydrogens is 206 g/mol. The van der Waals surface area contributed by atoms with Gasteiger partial charge in [-0.3, -0.25) is 5.10 Å². The lowest BCUT2D eigenvalue weighted by molar-refractivity contribution is 0.0230. The molecule has 16 heavy (non-hydrogen) atoms. The first-order valence-corrected chi connectivity index (χ1v) is 5.49. The van der Waals surface area contributed by atoms with Crippen LogP contribution in [0.4, 0.5) is 0 Å². The molecule has 0 fully saturated rings. The van der Waals surface area contributed by atoms with Crippen LogP contribution >= 0.6 is 0 Å². The third-order valence-electron chi connectivity index (χ3n) is 2.62. The van der Waals surface area contributed by atoms with Gasteiger partial charge >= 0.3 is 0 Å². The van der Waals surface area contributed by atoms with E-state index in [1.807, 2.05) is 13.0 Å². The number of ether oxygens (including phenoxy) is 1. The summed E-state index contributed by atoms with van der Waals surface area (Å²) in [6, 6.07) is 2.07. The lowest BCUT2D eigenvalue weighted by Crippen LogP contribution is -2.39. The zero-order valence-corrected chi connectivity index (χ0v) is 10.2. The summed E-state index contributed by atoms with van der Waals surface area (Å²) >= 11 is 0. The van der Waals surface area contributed by atoms with Crippen LogP contribution in [-0.2, 0) is 4.74 Å². The van der Waals surface area contributed by atoms with E-state index in [0.29, 0.717) is 19.6 Å². The van der Waals surface area contributed by atoms with Crippen molar-refractivity contribution in [1.82, 2.24) is 15.5 Å². The van der Waals surface area contributed by atoms with Crippen LogP contribution in [0.15, 0.2) is 12.3 Å². The molecule has 2 atom stereocenters. The van der Waals surface area contributed by atoms with Gasteiger partial charge in [0.25, 0.3) is 0 Å². The highest BCUT2D eigenvalue weighted by molar-refractivity contribution is 5.03. The van der Waals surface area contributed by atoms with Gasteiger partial charge in [-0.15, -0.1) is 0 Å². The van der Waals surface area contributed by atoms with E-state index in [-0.39, 0.29) is 6.04 Å². The van der Waals surface area contributed by atoms with E-state index in [4.69, 9.17) is 4.74 Å². The molecule has 3 N–H and O–H groups in total. The van der Waals surface area contributed by atoms with Crippen LogP contribution in [0.5, 0.6) is 0 Å². The van der Waals surface area contributed by atoms with E-state index in [0.717, 1.165) is 5.69 Å². The average molecular weight is 227 g/mol. The highest BCUT2D eigenvalue weighted by Gasteiger charge is 2.20. The maximum absolute atomic E-state index is 10.0. The predicted molar refractivity (Wildman–Crippen MR) is 62.1 cm³/mol. The summed E-state index contributed by atoms with van der Waals surface area (Å²) < 4.78 is 4.95. The number of nitrogens with one attached hydrogen (secondary N) is 2. The lowest BCUT2D eigenvalue weighted by Gasteiger charge is -2.25. The van der Waals surface area contributed by atoms with Crippen molar-refractivity contribution in [2.24, 2.45) is 0 Å². The summed E-state index contributed by atoms with van der Waals surface area (Å²) in [5, 5.41) is 20.1. The number of aromatic nitrogens is 2. The number of rotatable bonds is 7. The maximum Gasteiger partial charge on any atom is 0.0765 e. The molecular formula is C11H21N3O2. The Labute approximate surface area is 96.2 Å². The normalized spacial score (nSPS) is 17.0. The highest BCUT2D eigenvalue weighted by Crippen LogP contribution is 2.12. The van der Waals surface area contributed by atoms with Gasteiger partial charge in [0, 0.05) is 38.9 Å². The molecule has 1 heterocycles. The molecule has 2 unspecified atom stereocenters. The molecule has 0 aliphatic carbocycles. The molecule has 0 radical (unpaired) electrons. The van der Waals surface area contributed by atoms with Crippen LogP contribution in [0.3, 0.4) is 0 Å². The largest absolute Gasteiger partial charge is 0.389 e.